The summed E-state index contributed by atoms with van der Waals surface area (Å²) in [6, 6.07) is 15.1. The van der Waals surface area contributed by atoms with Gasteiger partial charge in [-0.25, -0.2) is 0 Å². The van der Waals surface area contributed by atoms with Crippen LogP contribution in [0.1, 0.15) is 40.1 Å². The van der Waals surface area contributed by atoms with Gasteiger partial charge in [-0.15, -0.1) is 0 Å². The maximum absolute atomic E-state index is 13.2. The number of hydrogen-bond acceptors (Lipinski definition) is 3. The highest BCUT2D eigenvalue weighted by Gasteiger charge is 2.41. The molecule has 3 nitrogen and oxygen atoms in total. The summed E-state index contributed by atoms with van der Waals surface area (Å²) in [6.07, 6.45) is 3.79. The molecule has 0 saturated carbocycles. The van der Waals surface area contributed by atoms with Gasteiger partial charge in [0, 0.05) is 16.8 Å². The van der Waals surface area contributed by atoms with Crippen molar-refractivity contribution in [2.75, 3.05) is 4.90 Å². The predicted octanol–water partition coefficient (Wildman–Crippen LogP) is 4.48. The number of fused-ring (bicyclic) bond motifs is 1. The zero-order chi connectivity index (χ0) is 17.8. The van der Waals surface area contributed by atoms with E-state index in [1.807, 2.05) is 56.0 Å². The Labute approximate surface area is 147 Å². The lowest BCUT2D eigenvalue weighted by Gasteiger charge is -2.43. The van der Waals surface area contributed by atoms with Gasteiger partial charge in [-0.1, -0.05) is 54.1 Å². The maximum Gasteiger partial charge on any atom is 0.210 e. The largest absolute Gasteiger partial charge is 0.329 e. The van der Waals surface area contributed by atoms with Crippen LogP contribution in [0.15, 0.2) is 72.0 Å². The molecule has 2 aromatic carbocycles. The van der Waals surface area contributed by atoms with E-state index in [1.54, 1.807) is 30.3 Å². The molecule has 25 heavy (non-hydrogen) atoms. The number of carbonyl (C=O) groups is 2. The van der Waals surface area contributed by atoms with Gasteiger partial charge in [0.05, 0.1) is 11.1 Å². The summed E-state index contributed by atoms with van der Waals surface area (Å²) < 4.78 is 0. The molecule has 124 valence electrons. The highest BCUT2D eigenvalue weighted by molar-refractivity contribution is 6.29. The first-order chi connectivity index (χ1) is 11.9. The van der Waals surface area contributed by atoms with Crippen molar-refractivity contribution in [2.24, 2.45) is 0 Å². The minimum Gasteiger partial charge on any atom is -0.329 e. The van der Waals surface area contributed by atoms with Gasteiger partial charge in [-0.2, -0.15) is 0 Å². The Hall–Kier alpha value is -2.94. The Balaban J connectivity index is 1.95. The van der Waals surface area contributed by atoms with E-state index >= 15 is 0 Å². The van der Waals surface area contributed by atoms with Crippen LogP contribution in [0.5, 0.6) is 0 Å². The van der Waals surface area contributed by atoms with Crippen molar-refractivity contribution in [1.82, 2.24) is 0 Å². The van der Waals surface area contributed by atoms with Gasteiger partial charge in [0.2, 0.25) is 5.78 Å². The molecule has 0 fully saturated rings. The second-order valence-electron chi connectivity index (χ2n) is 7.12. The molecule has 0 spiro atoms. The second kappa shape index (κ2) is 5.28. The van der Waals surface area contributed by atoms with Crippen molar-refractivity contribution >= 4 is 17.3 Å². The van der Waals surface area contributed by atoms with Crippen LogP contribution < -0.4 is 4.90 Å². The average molecular weight is 329 g/mol. The van der Waals surface area contributed by atoms with Gasteiger partial charge in [0.1, 0.15) is 5.70 Å². The predicted molar refractivity (Wildman–Crippen MR) is 99.0 cm³/mol. The Morgan fingerprint density at radius 2 is 1.44 bits per heavy atom. The van der Waals surface area contributed by atoms with Crippen LogP contribution >= 0.6 is 0 Å². The fourth-order valence-corrected chi connectivity index (χ4v) is 3.56. The Bertz CT molecular complexity index is 962. The number of benzene rings is 2. The van der Waals surface area contributed by atoms with Crippen molar-refractivity contribution in [2.45, 2.75) is 26.3 Å². The van der Waals surface area contributed by atoms with Crippen LogP contribution in [0, 0.1) is 6.92 Å². The van der Waals surface area contributed by atoms with Crippen molar-refractivity contribution in [1.29, 1.82) is 0 Å². The van der Waals surface area contributed by atoms with Crippen molar-refractivity contribution < 1.29 is 9.59 Å². The van der Waals surface area contributed by atoms with Crippen molar-refractivity contribution in [3.63, 3.8) is 0 Å². The van der Waals surface area contributed by atoms with E-state index in [-0.39, 0.29) is 11.6 Å². The lowest BCUT2D eigenvalue weighted by Crippen LogP contribution is -2.48. The Morgan fingerprint density at radius 1 is 0.840 bits per heavy atom. The third-order valence-electron chi connectivity index (χ3n) is 4.88. The minimum absolute atomic E-state index is 0.0888. The summed E-state index contributed by atoms with van der Waals surface area (Å²) in [6.45, 7) is 6.12. The van der Waals surface area contributed by atoms with Gasteiger partial charge in [-0.3, -0.25) is 9.59 Å². The Morgan fingerprint density at radius 3 is 2.08 bits per heavy atom. The average Bonchev–Trinajstić information content (AvgIpc) is 2.60. The summed E-state index contributed by atoms with van der Waals surface area (Å²) in [5.74, 6) is -0.183. The summed E-state index contributed by atoms with van der Waals surface area (Å²) in [5.41, 5.74) is 3.57. The van der Waals surface area contributed by atoms with E-state index in [2.05, 4.69) is 0 Å². The molecule has 2 aliphatic rings. The molecule has 0 radical (unpaired) electrons. The molecule has 0 saturated heterocycles. The molecule has 0 aromatic heterocycles. The molecule has 1 heterocycles. The van der Waals surface area contributed by atoms with Crippen LogP contribution in [0.25, 0.3) is 0 Å². The summed E-state index contributed by atoms with van der Waals surface area (Å²) in [5, 5.41) is 0. The van der Waals surface area contributed by atoms with Crippen molar-refractivity contribution in [3.05, 3.63) is 88.6 Å². The van der Waals surface area contributed by atoms with Crippen LogP contribution in [0.4, 0.5) is 5.69 Å². The topological polar surface area (TPSA) is 37.4 Å². The number of allylic oxidation sites excluding steroid dienone is 3. The van der Waals surface area contributed by atoms with Crippen LogP contribution in [0.3, 0.4) is 0 Å². The lowest BCUT2D eigenvalue weighted by atomic mass is 9.81. The van der Waals surface area contributed by atoms with Gasteiger partial charge >= 0.3 is 0 Å². The first-order valence-electron chi connectivity index (χ1n) is 8.39. The number of hydrogen-bond donors (Lipinski definition) is 0. The van der Waals surface area contributed by atoms with E-state index in [0.29, 0.717) is 22.4 Å². The number of carbonyl (C=O) groups excluding carboxylic acids is 2. The lowest BCUT2D eigenvalue weighted by molar-refractivity contribution is 0.0972. The zero-order valence-corrected chi connectivity index (χ0v) is 14.5. The molecule has 0 bridgehead atoms. The number of aryl methyl sites for hydroxylation is 1. The first kappa shape index (κ1) is 15.6. The minimum atomic E-state index is -0.406. The quantitative estimate of drug-likeness (QED) is 0.774. The standard InChI is InChI=1S/C22H19NO2/c1-14-8-10-15(11-9-14)23-19-18(12-13-22(23,2)3)20(24)16-6-4-5-7-17(16)21(19)25/h4-13H,1-3H3. The number of nitrogens with zero attached hydrogens (tertiary/aromatic N) is 1. The van der Waals surface area contributed by atoms with E-state index < -0.39 is 5.54 Å². The maximum atomic E-state index is 13.2. The normalized spacial score (nSPS) is 18.3. The highest BCUT2D eigenvalue weighted by Crippen LogP contribution is 2.40. The molecular formula is C22H19NO2. The SMILES string of the molecule is Cc1ccc(N2C3=C(C=CC2(C)C)C(=O)c2ccccc2C3=O)cc1. The van der Waals surface area contributed by atoms with E-state index in [0.717, 1.165) is 11.3 Å². The Kier molecular flexibility index (Phi) is 3.29. The van der Waals surface area contributed by atoms with Crippen LogP contribution in [0.2, 0.25) is 0 Å². The van der Waals surface area contributed by atoms with Gasteiger partial charge in [-0.05, 0) is 32.9 Å². The number of anilines is 1. The van der Waals surface area contributed by atoms with Crippen molar-refractivity contribution in [3.8, 4) is 0 Å². The number of ketones is 2. The smallest absolute Gasteiger partial charge is 0.210 e. The molecule has 0 unspecified atom stereocenters. The zero-order valence-electron chi connectivity index (χ0n) is 14.5. The molecule has 0 atom stereocenters. The summed E-state index contributed by atoms with van der Waals surface area (Å²) in [4.78, 5) is 28.2. The van der Waals surface area contributed by atoms with Crippen LogP contribution in [-0.4, -0.2) is 17.1 Å². The third-order valence-corrected chi connectivity index (χ3v) is 4.88. The molecule has 2 aromatic rings. The monoisotopic (exact) mass is 329 g/mol. The summed E-state index contributed by atoms with van der Waals surface area (Å²) in [7, 11) is 0. The molecule has 3 heteroatoms. The fourth-order valence-electron chi connectivity index (χ4n) is 3.56. The molecule has 0 N–H and O–H groups in total. The van der Waals surface area contributed by atoms with Crippen LogP contribution in [-0.2, 0) is 0 Å². The molecule has 1 aliphatic heterocycles. The van der Waals surface area contributed by atoms with E-state index in [9.17, 15) is 9.59 Å². The molecule has 4 rings (SSSR count). The van der Waals surface area contributed by atoms with Gasteiger partial charge in [0.25, 0.3) is 0 Å². The first-order valence-corrected chi connectivity index (χ1v) is 8.39. The summed E-state index contributed by atoms with van der Waals surface area (Å²) >= 11 is 0. The number of rotatable bonds is 1. The number of Topliss-reactive ketones (excluding diaryl/α,β-unsaturated/α-hetero) is 2. The van der Waals surface area contributed by atoms with Gasteiger partial charge < -0.3 is 4.90 Å². The van der Waals surface area contributed by atoms with E-state index in [1.165, 1.54) is 0 Å². The molecular weight excluding hydrogens is 310 g/mol. The molecule has 0 amide bonds. The third kappa shape index (κ3) is 2.27. The fraction of sp³-hybridized carbons (Fsp3) is 0.182. The molecule has 1 aliphatic carbocycles. The van der Waals surface area contributed by atoms with Gasteiger partial charge in [0.15, 0.2) is 5.78 Å². The second-order valence-corrected chi connectivity index (χ2v) is 7.12. The highest BCUT2D eigenvalue weighted by atomic mass is 16.1. The van der Waals surface area contributed by atoms with E-state index in [4.69, 9.17) is 0 Å².